The molecule has 0 aromatic heterocycles. The average molecular weight is 270 g/mol. The molecule has 0 heterocycles. The maximum absolute atomic E-state index is 12.1. The molecule has 0 N–H and O–H groups in total. The standard InChI is InChI=1S/C17H18O3/c1-3-20-17(19)12(2)16(18)11-13-8-9-14-6-4-5-7-15(14)10-13/h4-10,12H,3,11H2,1-2H3/t12-/m0/s1. The Balaban J connectivity index is 2.11. The van der Waals surface area contributed by atoms with Crippen molar-refractivity contribution in [1.82, 2.24) is 0 Å². The van der Waals surface area contributed by atoms with Crippen LogP contribution in [-0.2, 0) is 20.7 Å². The summed E-state index contributed by atoms with van der Waals surface area (Å²) in [6.45, 7) is 3.63. The monoisotopic (exact) mass is 270 g/mol. The van der Waals surface area contributed by atoms with Crippen molar-refractivity contribution in [2.45, 2.75) is 20.3 Å². The molecule has 3 nitrogen and oxygen atoms in total. The molecule has 0 spiro atoms. The highest BCUT2D eigenvalue weighted by Gasteiger charge is 2.22. The lowest BCUT2D eigenvalue weighted by Gasteiger charge is -2.10. The van der Waals surface area contributed by atoms with Crippen LogP contribution in [0.15, 0.2) is 42.5 Å². The molecule has 104 valence electrons. The van der Waals surface area contributed by atoms with Gasteiger partial charge < -0.3 is 4.74 Å². The predicted molar refractivity (Wildman–Crippen MR) is 78.5 cm³/mol. The number of Topliss-reactive ketones (excluding diaryl/α,β-unsaturated/α-hetero) is 1. The highest BCUT2D eigenvalue weighted by molar-refractivity contribution is 5.99. The zero-order valence-corrected chi connectivity index (χ0v) is 11.8. The van der Waals surface area contributed by atoms with Gasteiger partial charge in [0.2, 0.25) is 0 Å². The SMILES string of the molecule is CCOC(=O)[C@@H](C)C(=O)Cc1ccc2ccccc2c1. The second-order valence-electron chi connectivity index (χ2n) is 4.80. The highest BCUT2D eigenvalue weighted by Crippen LogP contribution is 2.17. The summed E-state index contributed by atoms with van der Waals surface area (Å²) >= 11 is 0. The number of benzene rings is 2. The fourth-order valence-corrected chi connectivity index (χ4v) is 2.10. The lowest BCUT2D eigenvalue weighted by molar-refractivity contribution is -0.150. The molecule has 3 heteroatoms. The normalized spacial score (nSPS) is 12.1. The molecule has 0 saturated heterocycles. The van der Waals surface area contributed by atoms with Crippen molar-refractivity contribution in [3.63, 3.8) is 0 Å². The van der Waals surface area contributed by atoms with E-state index >= 15 is 0 Å². The number of rotatable bonds is 5. The van der Waals surface area contributed by atoms with Crippen LogP contribution in [0.3, 0.4) is 0 Å². The minimum absolute atomic E-state index is 0.112. The third-order valence-corrected chi connectivity index (χ3v) is 3.32. The van der Waals surface area contributed by atoms with E-state index < -0.39 is 11.9 Å². The number of carbonyl (C=O) groups is 2. The van der Waals surface area contributed by atoms with E-state index in [1.165, 1.54) is 0 Å². The molecule has 0 radical (unpaired) electrons. The van der Waals surface area contributed by atoms with E-state index in [9.17, 15) is 9.59 Å². The van der Waals surface area contributed by atoms with Gasteiger partial charge in [-0.3, -0.25) is 9.59 Å². The first kappa shape index (κ1) is 14.3. The second-order valence-corrected chi connectivity index (χ2v) is 4.80. The van der Waals surface area contributed by atoms with Gasteiger partial charge in [0.25, 0.3) is 0 Å². The van der Waals surface area contributed by atoms with Crippen LogP contribution in [0.4, 0.5) is 0 Å². The smallest absolute Gasteiger partial charge is 0.316 e. The Labute approximate surface area is 118 Å². The van der Waals surface area contributed by atoms with E-state index in [-0.39, 0.29) is 12.2 Å². The van der Waals surface area contributed by atoms with E-state index in [2.05, 4.69) is 0 Å². The molecule has 0 aliphatic rings. The summed E-state index contributed by atoms with van der Waals surface area (Å²) in [4.78, 5) is 23.6. The van der Waals surface area contributed by atoms with Gasteiger partial charge in [0, 0.05) is 6.42 Å². The predicted octanol–water partition coefficient (Wildman–Crippen LogP) is 3.15. The summed E-state index contributed by atoms with van der Waals surface area (Å²) in [6, 6.07) is 13.9. The zero-order chi connectivity index (χ0) is 14.5. The number of ketones is 1. The van der Waals surface area contributed by atoms with Crippen molar-refractivity contribution in [2.24, 2.45) is 5.92 Å². The molecular formula is C17H18O3. The van der Waals surface area contributed by atoms with E-state index in [1.807, 2.05) is 42.5 Å². The van der Waals surface area contributed by atoms with Crippen molar-refractivity contribution in [3.05, 3.63) is 48.0 Å². The van der Waals surface area contributed by atoms with Gasteiger partial charge in [0.05, 0.1) is 6.61 Å². The highest BCUT2D eigenvalue weighted by atomic mass is 16.5. The number of fused-ring (bicyclic) bond motifs is 1. The minimum atomic E-state index is -0.707. The van der Waals surface area contributed by atoms with Crippen molar-refractivity contribution in [2.75, 3.05) is 6.61 Å². The van der Waals surface area contributed by atoms with Crippen molar-refractivity contribution in [1.29, 1.82) is 0 Å². The maximum atomic E-state index is 12.1. The van der Waals surface area contributed by atoms with Crippen LogP contribution in [0.2, 0.25) is 0 Å². The van der Waals surface area contributed by atoms with Crippen molar-refractivity contribution >= 4 is 22.5 Å². The zero-order valence-electron chi connectivity index (χ0n) is 11.8. The molecule has 0 aliphatic heterocycles. The van der Waals surface area contributed by atoms with Gasteiger partial charge in [0.1, 0.15) is 5.92 Å². The lowest BCUT2D eigenvalue weighted by atomic mass is 9.98. The van der Waals surface area contributed by atoms with Crippen LogP contribution in [0.25, 0.3) is 10.8 Å². The molecule has 2 aromatic carbocycles. The van der Waals surface area contributed by atoms with Gasteiger partial charge in [0.15, 0.2) is 5.78 Å². The molecule has 0 fully saturated rings. The Morgan fingerprint density at radius 3 is 2.50 bits per heavy atom. The summed E-state index contributed by atoms with van der Waals surface area (Å²) in [5, 5.41) is 2.24. The first-order chi connectivity index (χ1) is 9.61. The summed E-state index contributed by atoms with van der Waals surface area (Å²) in [7, 11) is 0. The molecule has 0 amide bonds. The molecular weight excluding hydrogens is 252 g/mol. The Bertz CT molecular complexity index is 631. The Kier molecular flexibility index (Phi) is 4.51. The number of hydrogen-bond donors (Lipinski definition) is 0. The van der Waals surface area contributed by atoms with E-state index in [1.54, 1.807) is 13.8 Å². The van der Waals surface area contributed by atoms with Gasteiger partial charge in [-0.1, -0.05) is 42.5 Å². The van der Waals surface area contributed by atoms with E-state index in [0.717, 1.165) is 16.3 Å². The molecule has 2 aromatic rings. The third kappa shape index (κ3) is 3.23. The molecule has 20 heavy (non-hydrogen) atoms. The molecule has 0 unspecified atom stereocenters. The largest absolute Gasteiger partial charge is 0.465 e. The molecule has 0 aliphatic carbocycles. The van der Waals surface area contributed by atoms with Crippen LogP contribution in [0, 0.1) is 5.92 Å². The number of ether oxygens (including phenoxy) is 1. The van der Waals surface area contributed by atoms with Crippen LogP contribution < -0.4 is 0 Å². The fraction of sp³-hybridized carbons (Fsp3) is 0.294. The third-order valence-electron chi connectivity index (χ3n) is 3.32. The van der Waals surface area contributed by atoms with Gasteiger partial charge in [-0.25, -0.2) is 0 Å². The minimum Gasteiger partial charge on any atom is -0.465 e. The maximum Gasteiger partial charge on any atom is 0.316 e. The molecule has 1 atom stereocenters. The fourth-order valence-electron chi connectivity index (χ4n) is 2.10. The van der Waals surface area contributed by atoms with E-state index in [0.29, 0.717) is 6.61 Å². The van der Waals surface area contributed by atoms with Crippen LogP contribution >= 0.6 is 0 Å². The molecule has 0 bridgehead atoms. The topological polar surface area (TPSA) is 43.4 Å². The summed E-state index contributed by atoms with van der Waals surface area (Å²) in [5.74, 6) is -1.27. The Morgan fingerprint density at radius 2 is 1.80 bits per heavy atom. The van der Waals surface area contributed by atoms with Gasteiger partial charge in [-0.2, -0.15) is 0 Å². The van der Waals surface area contributed by atoms with Crippen molar-refractivity contribution in [3.8, 4) is 0 Å². The van der Waals surface area contributed by atoms with Gasteiger partial charge in [-0.15, -0.1) is 0 Å². The van der Waals surface area contributed by atoms with E-state index in [4.69, 9.17) is 4.74 Å². The molecule has 0 saturated carbocycles. The number of hydrogen-bond acceptors (Lipinski definition) is 3. The number of esters is 1. The second kappa shape index (κ2) is 6.33. The first-order valence-electron chi connectivity index (χ1n) is 6.79. The van der Waals surface area contributed by atoms with Crippen LogP contribution in [0.5, 0.6) is 0 Å². The van der Waals surface area contributed by atoms with Crippen LogP contribution in [0.1, 0.15) is 19.4 Å². The Morgan fingerprint density at radius 1 is 1.10 bits per heavy atom. The van der Waals surface area contributed by atoms with Gasteiger partial charge in [-0.05, 0) is 30.2 Å². The average Bonchev–Trinajstić information content (AvgIpc) is 2.46. The lowest BCUT2D eigenvalue weighted by Crippen LogP contribution is -2.24. The number of carbonyl (C=O) groups excluding carboxylic acids is 2. The first-order valence-corrected chi connectivity index (χ1v) is 6.79. The Hall–Kier alpha value is -2.16. The van der Waals surface area contributed by atoms with Gasteiger partial charge >= 0.3 is 5.97 Å². The molecule has 2 rings (SSSR count). The summed E-state index contributed by atoms with van der Waals surface area (Å²) < 4.78 is 4.87. The summed E-state index contributed by atoms with van der Waals surface area (Å²) in [6.07, 6.45) is 0.255. The quantitative estimate of drug-likeness (QED) is 0.619. The van der Waals surface area contributed by atoms with Crippen LogP contribution in [-0.4, -0.2) is 18.4 Å². The van der Waals surface area contributed by atoms with Crippen molar-refractivity contribution < 1.29 is 14.3 Å². The summed E-state index contributed by atoms with van der Waals surface area (Å²) in [5.41, 5.74) is 0.921.